The Labute approximate surface area is 256 Å². The molecule has 13 nitrogen and oxygen atoms in total. The first-order valence-corrected chi connectivity index (χ1v) is 15.7. The van der Waals surface area contributed by atoms with Gasteiger partial charge in [-0.3, -0.25) is 19.2 Å². The quantitative estimate of drug-likeness (QED) is 0.118. The number of rotatable bonds is 19. The number of carbonyl (C=O) groups excluding carboxylic acids is 4. The second kappa shape index (κ2) is 19.1. The van der Waals surface area contributed by atoms with Gasteiger partial charge in [0.2, 0.25) is 17.7 Å². The summed E-state index contributed by atoms with van der Waals surface area (Å²) < 4.78 is 22.1. The maximum Gasteiger partial charge on any atom is 0.323 e. The van der Waals surface area contributed by atoms with Crippen LogP contribution in [0.25, 0.3) is 0 Å². The van der Waals surface area contributed by atoms with Crippen molar-refractivity contribution in [3.8, 4) is 0 Å². The maximum atomic E-state index is 13.9. The van der Waals surface area contributed by atoms with E-state index in [1.165, 1.54) is 4.90 Å². The van der Waals surface area contributed by atoms with Gasteiger partial charge in [-0.25, -0.2) is 0 Å². The van der Waals surface area contributed by atoms with E-state index in [0.717, 1.165) is 25.9 Å². The summed E-state index contributed by atoms with van der Waals surface area (Å²) in [6, 6.07) is -1.67. The lowest BCUT2D eigenvalue weighted by Crippen LogP contribution is -2.58. The van der Waals surface area contributed by atoms with Gasteiger partial charge in [0.15, 0.2) is 0 Å². The summed E-state index contributed by atoms with van der Waals surface area (Å²) in [5.74, 6) is -1.51. The van der Waals surface area contributed by atoms with Crippen molar-refractivity contribution in [2.24, 2.45) is 5.41 Å². The van der Waals surface area contributed by atoms with E-state index in [-0.39, 0.29) is 44.1 Å². The molecule has 2 saturated heterocycles. The summed E-state index contributed by atoms with van der Waals surface area (Å²) >= 11 is 0. The van der Waals surface area contributed by atoms with Crippen LogP contribution < -0.4 is 21.3 Å². The summed E-state index contributed by atoms with van der Waals surface area (Å²) in [5, 5.41) is 12.0. The number of esters is 1. The lowest BCUT2D eigenvalue weighted by Gasteiger charge is -2.35. The molecule has 2 rings (SSSR count). The van der Waals surface area contributed by atoms with Crippen molar-refractivity contribution in [3.05, 3.63) is 0 Å². The maximum absolute atomic E-state index is 13.9. The Kier molecular flexibility index (Phi) is 16.4. The average Bonchev–Trinajstić information content (AvgIpc) is 3.63. The summed E-state index contributed by atoms with van der Waals surface area (Å²) in [6.45, 7) is 15.5. The minimum atomic E-state index is -0.922. The molecule has 0 aromatic rings. The summed E-state index contributed by atoms with van der Waals surface area (Å²) in [7, 11) is 0. The fourth-order valence-electron chi connectivity index (χ4n) is 4.91. The smallest absolute Gasteiger partial charge is 0.323 e. The van der Waals surface area contributed by atoms with Gasteiger partial charge in [-0.1, -0.05) is 41.5 Å². The molecule has 3 amide bonds. The highest BCUT2D eigenvalue weighted by atomic mass is 16.6. The van der Waals surface area contributed by atoms with E-state index in [4.69, 9.17) is 18.9 Å². The van der Waals surface area contributed by atoms with E-state index in [1.54, 1.807) is 0 Å². The number of hydrogen-bond donors (Lipinski definition) is 4. The molecule has 4 atom stereocenters. The number of hydrogen-bond acceptors (Lipinski definition) is 10. The van der Waals surface area contributed by atoms with Crippen molar-refractivity contribution < 1.29 is 38.1 Å². The molecule has 0 aromatic heterocycles. The molecule has 2 aliphatic heterocycles. The van der Waals surface area contributed by atoms with Gasteiger partial charge in [-0.05, 0) is 31.2 Å². The predicted octanol–water partition coefficient (Wildman–Crippen LogP) is 0.356. The zero-order chi connectivity index (χ0) is 31.8. The Hall–Kier alpha value is -2.32. The van der Waals surface area contributed by atoms with Crippen LogP contribution in [0.5, 0.6) is 0 Å². The zero-order valence-electron chi connectivity index (χ0n) is 27.0. The fourth-order valence-corrected chi connectivity index (χ4v) is 4.91. The molecule has 0 spiro atoms. The summed E-state index contributed by atoms with van der Waals surface area (Å²) in [4.78, 5) is 53.8. The SMILES string of the molecule is CCCNC(=O)C1CC(OC(=O)C2CCCN2)CN1C(=O)C(NC(=O)COCCOCCOCCNC(C)C)C(C)(C)C. The second-order valence-electron chi connectivity index (χ2n) is 12.5. The third-order valence-corrected chi connectivity index (χ3v) is 7.22. The van der Waals surface area contributed by atoms with Gasteiger partial charge in [-0.2, -0.15) is 0 Å². The van der Waals surface area contributed by atoms with Gasteiger partial charge in [-0.15, -0.1) is 0 Å². The number of amides is 3. The van der Waals surface area contributed by atoms with Gasteiger partial charge in [0.05, 0.1) is 39.6 Å². The number of likely N-dealkylation sites (tertiary alicyclic amines) is 1. The summed E-state index contributed by atoms with van der Waals surface area (Å²) in [6.07, 6.45) is 1.93. The van der Waals surface area contributed by atoms with Crippen LogP contribution in [0, 0.1) is 5.41 Å². The van der Waals surface area contributed by atoms with Crippen LogP contribution in [0.3, 0.4) is 0 Å². The Morgan fingerprint density at radius 2 is 1.65 bits per heavy atom. The molecule has 13 heteroatoms. The first kappa shape index (κ1) is 36.9. The molecule has 248 valence electrons. The van der Waals surface area contributed by atoms with Gasteiger partial charge in [0.1, 0.15) is 30.8 Å². The first-order chi connectivity index (χ1) is 20.4. The van der Waals surface area contributed by atoms with Gasteiger partial charge in [0.25, 0.3) is 0 Å². The van der Waals surface area contributed by atoms with E-state index >= 15 is 0 Å². The minimum Gasteiger partial charge on any atom is -0.459 e. The lowest BCUT2D eigenvalue weighted by atomic mass is 9.85. The molecule has 2 aliphatic rings. The molecular formula is C30H55N5O8. The number of nitrogens with one attached hydrogen (secondary N) is 4. The van der Waals surface area contributed by atoms with Crippen LogP contribution in [0.4, 0.5) is 0 Å². The molecule has 0 aromatic carbocycles. The number of nitrogens with zero attached hydrogens (tertiary/aromatic N) is 1. The molecule has 4 N–H and O–H groups in total. The van der Waals surface area contributed by atoms with E-state index in [1.807, 2.05) is 27.7 Å². The highest BCUT2D eigenvalue weighted by molar-refractivity contribution is 5.93. The monoisotopic (exact) mass is 613 g/mol. The van der Waals surface area contributed by atoms with Crippen LogP contribution in [-0.4, -0.2) is 125 Å². The lowest BCUT2D eigenvalue weighted by molar-refractivity contribution is -0.151. The van der Waals surface area contributed by atoms with Crippen LogP contribution in [0.2, 0.25) is 0 Å². The molecule has 43 heavy (non-hydrogen) atoms. The highest BCUT2D eigenvalue weighted by Crippen LogP contribution is 2.28. The standard InChI is InChI=1S/C30H55N5O8/c1-7-10-33-27(37)24-18-22(43-29(39)23-9-8-11-32-23)19-35(24)28(38)26(30(4,5)6)34-25(36)20-42-17-16-41-15-14-40-13-12-31-21(2)3/h21-24,26,31-32H,7-20H2,1-6H3,(H,33,37)(H,34,36). The minimum absolute atomic E-state index is 0.0791. The molecule has 0 saturated carbocycles. The average molecular weight is 614 g/mol. The normalized spacial score (nSPS) is 21.2. The van der Waals surface area contributed by atoms with Gasteiger partial charge < -0.3 is 45.1 Å². The van der Waals surface area contributed by atoms with Crippen molar-refractivity contribution in [2.75, 3.05) is 65.8 Å². The van der Waals surface area contributed by atoms with Crippen molar-refractivity contribution in [3.63, 3.8) is 0 Å². The Bertz CT molecular complexity index is 875. The molecule has 4 unspecified atom stereocenters. The van der Waals surface area contributed by atoms with E-state index in [9.17, 15) is 19.2 Å². The zero-order valence-corrected chi connectivity index (χ0v) is 27.0. The van der Waals surface area contributed by atoms with E-state index in [2.05, 4.69) is 35.1 Å². The van der Waals surface area contributed by atoms with Gasteiger partial charge >= 0.3 is 5.97 Å². The van der Waals surface area contributed by atoms with Crippen LogP contribution in [0.1, 0.15) is 67.2 Å². The first-order valence-electron chi connectivity index (χ1n) is 15.7. The molecular weight excluding hydrogens is 558 g/mol. The van der Waals surface area contributed by atoms with Crippen molar-refractivity contribution in [2.45, 2.75) is 97.5 Å². The predicted molar refractivity (Wildman–Crippen MR) is 161 cm³/mol. The Morgan fingerprint density at radius 1 is 0.977 bits per heavy atom. The van der Waals surface area contributed by atoms with E-state index < -0.39 is 35.4 Å². The third kappa shape index (κ3) is 13.5. The molecule has 0 aliphatic carbocycles. The number of ether oxygens (including phenoxy) is 4. The third-order valence-electron chi connectivity index (χ3n) is 7.22. The van der Waals surface area contributed by atoms with Crippen molar-refractivity contribution in [1.29, 1.82) is 0 Å². The fraction of sp³-hybridized carbons (Fsp3) is 0.867. The van der Waals surface area contributed by atoms with Gasteiger partial charge in [0, 0.05) is 25.6 Å². The van der Waals surface area contributed by atoms with Crippen molar-refractivity contribution in [1.82, 2.24) is 26.2 Å². The topological polar surface area (TPSA) is 157 Å². The van der Waals surface area contributed by atoms with Crippen LogP contribution in [0.15, 0.2) is 0 Å². The summed E-state index contributed by atoms with van der Waals surface area (Å²) in [5.41, 5.74) is -0.659. The second-order valence-corrected chi connectivity index (χ2v) is 12.5. The Morgan fingerprint density at radius 3 is 2.26 bits per heavy atom. The molecule has 0 radical (unpaired) electrons. The van der Waals surface area contributed by atoms with Crippen molar-refractivity contribution >= 4 is 23.7 Å². The molecule has 0 bridgehead atoms. The molecule has 2 heterocycles. The van der Waals surface area contributed by atoms with E-state index in [0.29, 0.717) is 45.4 Å². The van der Waals surface area contributed by atoms with Crippen LogP contribution >= 0.6 is 0 Å². The largest absolute Gasteiger partial charge is 0.459 e. The number of carbonyl (C=O) groups is 4. The Balaban J connectivity index is 1.87. The van der Waals surface area contributed by atoms with Crippen LogP contribution in [-0.2, 0) is 38.1 Å². The molecule has 2 fully saturated rings. The highest BCUT2D eigenvalue weighted by Gasteiger charge is 2.46.